The van der Waals surface area contributed by atoms with Crippen LogP contribution in [0.25, 0.3) is 10.9 Å². The number of hydrogen-bond acceptors (Lipinski definition) is 5. The van der Waals surface area contributed by atoms with Gasteiger partial charge in [-0.3, -0.25) is 14.8 Å². The molecule has 0 bridgehead atoms. The Hall–Kier alpha value is -2.79. The molecule has 0 saturated heterocycles. The minimum atomic E-state index is -0.457. The molecule has 0 unspecified atom stereocenters. The lowest BCUT2D eigenvalue weighted by atomic mass is 9.80. The van der Waals surface area contributed by atoms with E-state index < -0.39 is 5.41 Å². The van der Waals surface area contributed by atoms with Crippen molar-refractivity contribution in [2.45, 2.75) is 39.2 Å². The Balaban J connectivity index is 1.71. The van der Waals surface area contributed by atoms with Crippen molar-refractivity contribution < 1.29 is 9.53 Å². The highest BCUT2D eigenvalue weighted by Crippen LogP contribution is 2.34. The molecule has 5 heteroatoms. The van der Waals surface area contributed by atoms with Crippen molar-refractivity contribution in [1.82, 2.24) is 15.3 Å². The summed E-state index contributed by atoms with van der Waals surface area (Å²) in [5.41, 5.74) is 3.88. The van der Waals surface area contributed by atoms with Gasteiger partial charge in [0.05, 0.1) is 16.8 Å². The minimum absolute atomic E-state index is 0.0659. The Labute approximate surface area is 165 Å². The molecule has 0 aliphatic carbocycles. The van der Waals surface area contributed by atoms with E-state index in [0.717, 1.165) is 34.4 Å². The fraction of sp³-hybridized carbons (Fsp3) is 0.348. The average molecular weight is 375 g/mol. The van der Waals surface area contributed by atoms with Gasteiger partial charge in [-0.05, 0) is 25.1 Å². The molecule has 0 spiro atoms. The van der Waals surface area contributed by atoms with Crippen LogP contribution in [-0.2, 0) is 12.0 Å². The van der Waals surface area contributed by atoms with Crippen molar-refractivity contribution in [3.05, 3.63) is 65.1 Å². The summed E-state index contributed by atoms with van der Waals surface area (Å²) < 4.78 is 5.90. The molecule has 0 amide bonds. The third-order valence-corrected chi connectivity index (χ3v) is 5.20. The molecular weight excluding hydrogens is 350 g/mol. The smallest absolute Gasteiger partial charge is 0.167 e. The van der Waals surface area contributed by atoms with Gasteiger partial charge in [0.25, 0.3) is 0 Å². The normalized spacial score (nSPS) is 14.2. The summed E-state index contributed by atoms with van der Waals surface area (Å²) >= 11 is 0. The summed E-state index contributed by atoms with van der Waals surface area (Å²) in [5.74, 6) is 0.782. The average Bonchev–Trinajstić information content (AvgIpc) is 2.92. The van der Waals surface area contributed by atoms with Gasteiger partial charge in [0.1, 0.15) is 12.4 Å². The summed E-state index contributed by atoms with van der Waals surface area (Å²) in [5, 5.41) is 4.37. The molecule has 1 aliphatic heterocycles. The second kappa shape index (κ2) is 7.32. The van der Waals surface area contributed by atoms with Crippen LogP contribution in [-0.4, -0.2) is 28.9 Å². The van der Waals surface area contributed by atoms with Gasteiger partial charge >= 0.3 is 0 Å². The fourth-order valence-corrected chi connectivity index (χ4v) is 3.83. The monoisotopic (exact) mass is 375 g/mol. The lowest BCUT2D eigenvalue weighted by Crippen LogP contribution is -2.25. The van der Waals surface area contributed by atoms with Gasteiger partial charge in [0.15, 0.2) is 5.78 Å². The van der Waals surface area contributed by atoms with Gasteiger partial charge in [0.2, 0.25) is 0 Å². The molecular formula is C23H25N3O2. The summed E-state index contributed by atoms with van der Waals surface area (Å²) in [6.45, 7) is 8.16. The van der Waals surface area contributed by atoms with Crippen LogP contribution in [0.5, 0.6) is 5.75 Å². The molecule has 0 fully saturated rings. The number of rotatable bonds is 4. The second-order valence-corrected chi connectivity index (χ2v) is 7.99. The zero-order valence-electron chi connectivity index (χ0n) is 16.6. The molecule has 1 aromatic carbocycles. The Morgan fingerprint density at radius 3 is 2.96 bits per heavy atom. The molecule has 28 heavy (non-hydrogen) atoms. The highest BCUT2D eigenvalue weighted by molar-refractivity contribution is 6.00. The van der Waals surface area contributed by atoms with Crippen molar-refractivity contribution >= 4 is 16.7 Å². The third kappa shape index (κ3) is 3.50. The maximum Gasteiger partial charge on any atom is 0.167 e. The van der Waals surface area contributed by atoms with Crippen LogP contribution in [0.4, 0.5) is 0 Å². The van der Waals surface area contributed by atoms with Crippen LogP contribution in [0, 0.1) is 6.92 Å². The van der Waals surface area contributed by atoms with E-state index in [1.165, 1.54) is 0 Å². The fourth-order valence-electron chi connectivity index (χ4n) is 3.83. The summed E-state index contributed by atoms with van der Waals surface area (Å²) in [6.07, 6.45) is 2.11. The molecule has 144 valence electrons. The third-order valence-electron chi connectivity index (χ3n) is 5.20. The number of Topliss-reactive ketones (excluding diaryl/α,β-unsaturated/α-hetero) is 1. The zero-order valence-corrected chi connectivity index (χ0v) is 16.6. The topological polar surface area (TPSA) is 64.1 Å². The van der Waals surface area contributed by atoms with Crippen LogP contribution >= 0.6 is 0 Å². The first kappa shape index (κ1) is 18.6. The van der Waals surface area contributed by atoms with E-state index in [2.05, 4.69) is 24.1 Å². The quantitative estimate of drug-likeness (QED) is 0.699. The number of ketones is 1. The molecule has 0 saturated carbocycles. The Kier molecular flexibility index (Phi) is 4.85. The molecule has 1 aliphatic rings. The minimum Gasteiger partial charge on any atom is -0.491 e. The van der Waals surface area contributed by atoms with E-state index in [1.54, 1.807) is 6.20 Å². The van der Waals surface area contributed by atoms with E-state index in [0.29, 0.717) is 30.9 Å². The first-order valence-corrected chi connectivity index (χ1v) is 9.67. The highest BCUT2D eigenvalue weighted by atomic mass is 16.5. The Morgan fingerprint density at radius 2 is 2.11 bits per heavy atom. The van der Waals surface area contributed by atoms with E-state index in [9.17, 15) is 4.79 Å². The largest absolute Gasteiger partial charge is 0.491 e. The number of hydrogen-bond donors (Lipinski definition) is 1. The van der Waals surface area contributed by atoms with Gasteiger partial charge in [-0.15, -0.1) is 0 Å². The van der Waals surface area contributed by atoms with E-state index in [-0.39, 0.29) is 5.78 Å². The van der Waals surface area contributed by atoms with Gasteiger partial charge in [-0.25, -0.2) is 0 Å². The molecule has 3 aromatic rings. The maximum atomic E-state index is 13.3. The van der Waals surface area contributed by atoms with Gasteiger partial charge in [-0.1, -0.05) is 32.0 Å². The van der Waals surface area contributed by atoms with Crippen molar-refractivity contribution in [1.29, 1.82) is 0 Å². The molecule has 1 N–H and O–H groups in total. The number of pyridine rings is 2. The number of benzene rings is 1. The zero-order chi connectivity index (χ0) is 19.7. The number of aromatic nitrogens is 2. The summed E-state index contributed by atoms with van der Waals surface area (Å²) in [4.78, 5) is 22.6. The molecule has 5 nitrogen and oxygen atoms in total. The second-order valence-electron chi connectivity index (χ2n) is 7.99. The number of carbonyl (C=O) groups excluding carboxylic acids is 1. The van der Waals surface area contributed by atoms with Crippen LogP contribution in [0.3, 0.4) is 0 Å². The number of nitrogens with zero attached hydrogens (tertiary/aromatic N) is 2. The van der Waals surface area contributed by atoms with E-state index in [1.807, 2.05) is 43.3 Å². The van der Waals surface area contributed by atoms with Crippen LogP contribution in [0.2, 0.25) is 0 Å². The van der Waals surface area contributed by atoms with Crippen LogP contribution in [0.15, 0.2) is 42.6 Å². The predicted molar refractivity (Wildman–Crippen MR) is 110 cm³/mol. The van der Waals surface area contributed by atoms with Crippen molar-refractivity contribution in [3.63, 3.8) is 0 Å². The van der Waals surface area contributed by atoms with Crippen molar-refractivity contribution in [2.75, 3.05) is 13.2 Å². The summed E-state index contributed by atoms with van der Waals surface area (Å²) in [6, 6.07) is 11.8. The predicted octanol–water partition coefficient (Wildman–Crippen LogP) is 3.97. The van der Waals surface area contributed by atoms with Gasteiger partial charge < -0.3 is 10.1 Å². The first-order chi connectivity index (χ1) is 13.5. The van der Waals surface area contributed by atoms with Crippen molar-refractivity contribution in [3.8, 4) is 5.75 Å². The standard InChI is InChI=1S/C23H25N3O2/c1-15-12-16-7-5-9-25-20(16)22(26-15)23(2,3)13-19(27)18-8-4-6-17-14-24-10-11-28-21(17)18/h4-9,12,24H,10-11,13-14H2,1-3H3. The molecule has 2 aromatic heterocycles. The van der Waals surface area contributed by atoms with Crippen molar-refractivity contribution in [2.24, 2.45) is 0 Å². The van der Waals surface area contributed by atoms with Crippen LogP contribution < -0.4 is 10.1 Å². The number of carbonyl (C=O) groups is 1. The van der Waals surface area contributed by atoms with Gasteiger partial charge in [-0.2, -0.15) is 0 Å². The summed E-state index contributed by atoms with van der Waals surface area (Å²) in [7, 11) is 0. The highest BCUT2D eigenvalue weighted by Gasteiger charge is 2.30. The Morgan fingerprint density at radius 1 is 1.25 bits per heavy atom. The maximum absolute atomic E-state index is 13.3. The van der Waals surface area contributed by atoms with E-state index >= 15 is 0 Å². The number of aryl methyl sites for hydroxylation is 1. The molecule has 0 radical (unpaired) electrons. The number of para-hydroxylation sites is 1. The number of fused-ring (bicyclic) bond motifs is 2. The number of nitrogens with one attached hydrogen (secondary N) is 1. The van der Waals surface area contributed by atoms with E-state index in [4.69, 9.17) is 9.72 Å². The molecule has 0 atom stereocenters. The van der Waals surface area contributed by atoms with Crippen LogP contribution in [0.1, 0.15) is 47.6 Å². The lowest BCUT2D eigenvalue weighted by Gasteiger charge is -2.25. The molecule has 3 heterocycles. The van der Waals surface area contributed by atoms with Gasteiger partial charge in [0, 0.05) is 47.8 Å². The Bertz CT molecular complexity index is 1040. The number of ether oxygens (including phenoxy) is 1. The first-order valence-electron chi connectivity index (χ1n) is 9.67. The lowest BCUT2D eigenvalue weighted by molar-refractivity contribution is 0.0953. The molecule has 4 rings (SSSR count). The SMILES string of the molecule is Cc1cc2cccnc2c(C(C)(C)CC(=O)c2cccc3c2OCCNC3)n1.